The number of quaternary nitrogens is 1. The lowest BCUT2D eigenvalue weighted by Crippen LogP contribution is -3.11. The molecule has 0 unspecified atom stereocenters. The van der Waals surface area contributed by atoms with E-state index < -0.39 is 0 Å². The Balaban J connectivity index is 1.95. The minimum absolute atomic E-state index is 0.766. The quantitative estimate of drug-likeness (QED) is 0.770. The second-order valence-corrected chi connectivity index (χ2v) is 5.58. The lowest BCUT2D eigenvalue weighted by Gasteiger charge is -2.15. The molecule has 2 rings (SSSR count). The molecule has 0 radical (unpaired) electrons. The summed E-state index contributed by atoms with van der Waals surface area (Å²) >= 11 is 0. The van der Waals surface area contributed by atoms with Gasteiger partial charge in [0.2, 0.25) is 0 Å². The Hall–Kier alpha value is -1.81. The molecule has 4 nitrogen and oxygen atoms in total. The van der Waals surface area contributed by atoms with E-state index in [9.17, 15) is 0 Å². The van der Waals surface area contributed by atoms with E-state index in [1.807, 2.05) is 18.5 Å². The number of hydrogen-bond acceptors (Lipinski definition) is 2. The first kappa shape index (κ1) is 16.6. The van der Waals surface area contributed by atoms with Gasteiger partial charge < -0.3 is 14.2 Å². The van der Waals surface area contributed by atoms with Crippen LogP contribution in [0.15, 0.2) is 36.8 Å². The molecular formula is C18H28N3O+. The highest BCUT2D eigenvalue weighted by molar-refractivity contribution is 5.59. The highest BCUT2D eigenvalue weighted by Crippen LogP contribution is 2.20. The Morgan fingerprint density at radius 2 is 1.82 bits per heavy atom. The average molecular weight is 302 g/mol. The van der Waals surface area contributed by atoms with Crippen LogP contribution in [0.5, 0.6) is 5.75 Å². The van der Waals surface area contributed by atoms with E-state index in [1.165, 1.54) is 13.1 Å². The number of hydrogen-bond donors (Lipinski definition) is 1. The van der Waals surface area contributed by atoms with Crippen LogP contribution in [0.1, 0.15) is 27.2 Å². The standard InChI is InChI=1S/C18H27N3O/c1-4-13-22-17-9-7-16(8-10-17)18-14-21(15-19-18)12-11-20(5-2)6-3/h7-10,14-15H,4-6,11-13H2,1-3H3/p+1. The Morgan fingerprint density at radius 1 is 1.09 bits per heavy atom. The van der Waals surface area contributed by atoms with Gasteiger partial charge in [-0.15, -0.1) is 0 Å². The molecule has 1 heterocycles. The topological polar surface area (TPSA) is 31.5 Å². The van der Waals surface area contributed by atoms with Gasteiger partial charge in [-0.1, -0.05) is 6.92 Å². The SMILES string of the molecule is CCCOc1ccc(-c2cn(CC[NH+](CC)CC)cn2)cc1. The molecular weight excluding hydrogens is 274 g/mol. The molecule has 0 saturated carbocycles. The molecule has 1 N–H and O–H groups in total. The van der Waals surface area contributed by atoms with Gasteiger partial charge in [-0.3, -0.25) is 0 Å². The van der Waals surface area contributed by atoms with E-state index in [-0.39, 0.29) is 0 Å². The largest absolute Gasteiger partial charge is 0.494 e. The predicted molar refractivity (Wildman–Crippen MR) is 90.4 cm³/mol. The van der Waals surface area contributed by atoms with Gasteiger partial charge in [0.25, 0.3) is 0 Å². The Labute approximate surface area is 133 Å². The Morgan fingerprint density at radius 3 is 2.45 bits per heavy atom. The maximum Gasteiger partial charge on any atom is 0.119 e. The summed E-state index contributed by atoms with van der Waals surface area (Å²) in [5, 5.41) is 0. The normalized spacial score (nSPS) is 11.1. The predicted octanol–water partition coefficient (Wildman–Crippen LogP) is 2.26. The third-order valence-corrected chi connectivity index (χ3v) is 3.98. The van der Waals surface area contributed by atoms with Crippen LogP contribution in [0.4, 0.5) is 0 Å². The Kier molecular flexibility index (Phi) is 6.46. The minimum Gasteiger partial charge on any atom is -0.494 e. The van der Waals surface area contributed by atoms with Crippen molar-refractivity contribution >= 4 is 0 Å². The molecule has 2 aromatic rings. The summed E-state index contributed by atoms with van der Waals surface area (Å²) in [5.41, 5.74) is 2.16. The average Bonchev–Trinajstić information content (AvgIpc) is 3.03. The van der Waals surface area contributed by atoms with Gasteiger partial charge >= 0.3 is 0 Å². The van der Waals surface area contributed by atoms with Crippen LogP contribution in [-0.4, -0.2) is 35.8 Å². The number of likely N-dealkylation sites (N-methyl/N-ethyl adjacent to an activating group) is 1. The highest BCUT2D eigenvalue weighted by atomic mass is 16.5. The molecule has 0 atom stereocenters. The molecule has 1 aromatic carbocycles. The summed E-state index contributed by atoms with van der Waals surface area (Å²) in [5.74, 6) is 0.926. The first-order valence-corrected chi connectivity index (χ1v) is 8.35. The molecule has 22 heavy (non-hydrogen) atoms. The maximum absolute atomic E-state index is 5.61. The van der Waals surface area contributed by atoms with E-state index in [0.717, 1.165) is 43.1 Å². The van der Waals surface area contributed by atoms with Gasteiger partial charge in [0.1, 0.15) is 5.75 Å². The first-order chi connectivity index (χ1) is 10.8. The molecule has 4 heteroatoms. The zero-order valence-electron chi connectivity index (χ0n) is 14.0. The van der Waals surface area contributed by atoms with E-state index in [2.05, 4.69) is 48.7 Å². The first-order valence-electron chi connectivity index (χ1n) is 8.35. The van der Waals surface area contributed by atoms with Crippen LogP contribution >= 0.6 is 0 Å². The molecule has 0 aliphatic rings. The number of ether oxygens (including phenoxy) is 1. The summed E-state index contributed by atoms with van der Waals surface area (Å²) in [7, 11) is 0. The molecule has 0 aliphatic heterocycles. The van der Waals surface area contributed by atoms with Crippen LogP contribution < -0.4 is 9.64 Å². The fourth-order valence-corrected chi connectivity index (χ4v) is 2.46. The molecule has 0 amide bonds. The smallest absolute Gasteiger partial charge is 0.119 e. The van der Waals surface area contributed by atoms with Crippen molar-refractivity contribution in [1.82, 2.24) is 9.55 Å². The van der Waals surface area contributed by atoms with Crippen LogP contribution in [0.2, 0.25) is 0 Å². The number of nitrogens with zero attached hydrogens (tertiary/aromatic N) is 2. The van der Waals surface area contributed by atoms with Gasteiger partial charge in [0.05, 0.1) is 44.8 Å². The van der Waals surface area contributed by atoms with E-state index >= 15 is 0 Å². The van der Waals surface area contributed by atoms with Gasteiger partial charge in [0.15, 0.2) is 0 Å². The second kappa shape index (κ2) is 8.59. The van der Waals surface area contributed by atoms with Gasteiger partial charge in [0, 0.05) is 11.8 Å². The number of nitrogens with one attached hydrogen (secondary N) is 1. The maximum atomic E-state index is 5.61. The van der Waals surface area contributed by atoms with Crippen LogP contribution in [0.25, 0.3) is 11.3 Å². The van der Waals surface area contributed by atoms with Crippen LogP contribution in [0, 0.1) is 0 Å². The van der Waals surface area contributed by atoms with Crippen molar-refractivity contribution in [2.75, 3.05) is 26.2 Å². The van der Waals surface area contributed by atoms with Crippen molar-refractivity contribution in [3.8, 4) is 17.0 Å². The summed E-state index contributed by atoms with van der Waals surface area (Å²) in [4.78, 5) is 6.14. The fraction of sp³-hybridized carbons (Fsp3) is 0.500. The number of imidazole rings is 1. The van der Waals surface area contributed by atoms with E-state index in [4.69, 9.17) is 4.74 Å². The number of benzene rings is 1. The zero-order valence-corrected chi connectivity index (χ0v) is 14.0. The zero-order chi connectivity index (χ0) is 15.8. The molecule has 1 aromatic heterocycles. The molecule has 120 valence electrons. The molecule has 0 bridgehead atoms. The molecule has 0 aliphatic carbocycles. The fourth-order valence-electron chi connectivity index (χ4n) is 2.46. The van der Waals surface area contributed by atoms with Crippen molar-refractivity contribution in [3.05, 3.63) is 36.8 Å². The van der Waals surface area contributed by atoms with Crippen LogP contribution in [0.3, 0.4) is 0 Å². The second-order valence-electron chi connectivity index (χ2n) is 5.58. The lowest BCUT2D eigenvalue weighted by atomic mass is 10.1. The summed E-state index contributed by atoms with van der Waals surface area (Å²) in [6.07, 6.45) is 5.09. The number of aromatic nitrogens is 2. The molecule has 0 spiro atoms. The van der Waals surface area contributed by atoms with Crippen molar-refractivity contribution in [3.63, 3.8) is 0 Å². The van der Waals surface area contributed by atoms with Gasteiger partial charge in [-0.2, -0.15) is 0 Å². The number of rotatable bonds is 9. The van der Waals surface area contributed by atoms with Crippen molar-refractivity contribution in [2.24, 2.45) is 0 Å². The third kappa shape index (κ3) is 4.60. The summed E-state index contributed by atoms with van der Waals surface area (Å²) in [6.45, 7) is 11.9. The van der Waals surface area contributed by atoms with Gasteiger partial charge in [-0.25, -0.2) is 4.98 Å². The van der Waals surface area contributed by atoms with Crippen molar-refractivity contribution in [2.45, 2.75) is 33.7 Å². The monoisotopic (exact) mass is 302 g/mol. The van der Waals surface area contributed by atoms with E-state index in [1.54, 1.807) is 4.90 Å². The Bertz CT molecular complexity index is 544. The highest BCUT2D eigenvalue weighted by Gasteiger charge is 2.06. The van der Waals surface area contributed by atoms with Crippen molar-refractivity contribution < 1.29 is 9.64 Å². The lowest BCUT2D eigenvalue weighted by molar-refractivity contribution is -0.897. The third-order valence-electron chi connectivity index (χ3n) is 3.98. The summed E-state index contributed by atoms with van der Waals surface area (Å²) in [6, 6.07) is 8.19. The minimum atomic E-state index is 0.766. The summed E-state index contributed by atoms with van der Waals surface area (Å²) < 4.78 is 7.80. The van der Waals surface area contributed by atoms with Crippen molar-refractivity contribution in [1.29, 1.82) is 0 Å². The molecule has 0 fully saturated rings. The van der Waals surface area contributed by atoms with Gasteiger partial charge in [-0.05, 0) is 44.5 Å². The van der Waals surface area contributed by atoms with E-state index in [0.29, 0.717) is 0 Å². The molecule has 0 saturated heterocycles. The van der Waals surface area contributed by atoms with Crippen LogP contribution in [-0.2, 0) is 6.54 Å².